The molecule has 0 bridgehead atoms. The lowest BCUT2D eigenvalue weighted by Crippen LogP contribution is -2.19. The van der Waals surface area contributed by atoms with Crippen molar-refractivity contribution in [3.63, 3.8) is 0 Å². The average molecular weight is 381 g/mol. The predicted molar refractivity (Wildman–Crippen MR) is 101 cm³/mol. The fourth-order valence-electron chi connectivity index (χ4n) is 2.21. The van der Waals surface area contributed by atoms with E-state index < -0.39 is 9.84 Å². The SMILES string of the molecule is Cn1c(SCCS(C)(=O)=O)nc2sc(-c3ccccc3)cc2c1=O. The second-order valence-corrected chi connectivity index (χ2v) is 9.78. The summed E-state index contributed by atoms with van der Waals surface area (Å²) >= 11 is 2.76. The third-order valence-electron chi connectivity index (χ3n) is 3.48. The van der Waals surface area contributed by atoms with Crippen molar-refractivity contribution in [3.05, 3.63) is 46.8 Å². The van der Waals surface area contributed by atoms with Gasteiger partial charge in [0, 0.05) is 23.9 Å². The summed E-state index contributed by atoms with van der Waals surface area (Å²) in [7, 11) is -1.36. The van der Waals surface area contributed by atoms with Gasteiger partial charge in [-0.3, -0.25) is 9.36 Å². The van der Waals surface area contributed by atoms with Crippen LogP contribution >= 0.6 is 23.1 Å². The number of hydrogen-bond acceptors (Lipinski definition) is 6. The van der Waals surface area contributed by atoms with Crippen LogP contribution in [0.1, 0.15) is 0 Å². The minimum atomic E-state index is -3.03. The molecule has 0 saturated heterocycles. The molecule has 0 spiro atoms. The molecule has 0 aliphatic heterocycles. The number of rotatable bonds is 5. The first-order chi connectivity index (χ1) is 11.3. The smallest absolute Gasteiger partial charge is 0.262 e. The van der Waals surface area contributed by atoms with Crippen LogP contribution in [0.4, 0.5) is 0 Å². The second-order valence-electron chi connectivity index (χ2n) is 5.43. The largest absolute Gasteiger partial charge is 0.290 e. The van der Waals surface area contributed by atoms with Gasteiger partial charge in [0.1, 0.15) is 14.7 Å². The van der Waals surface area contributed by atoms with E-state index in [0.717, 1.165) is 10.4 Å². The standard InChI is InChI=1S/C16H16N2O3S3/c1-18-15(19)12-10-13(11-6-4-3-5-7-11)23-14(12)17-16(18)22-8-9-24(2,20)21/h3-7,10H,8-9H2,1-2H3. The van der Waals surface area contributed by atoms with Gasteiger partial charge in [-0.25, -0.2) is 13.4 Å². The Morgan fingerprint density at radius 2 is 1.96 bits per heavy atom. The molecule has 3 rings (SSSR count). The highest BCUT2D eigenvalue weighted by molar-refractivity contribution is 8.00. The van der Waals surface area contributed by atoms with Gasteiger partial charge >= 0.3 is 0 Å². The van der Waals surface area contributed by atoms with Crippen LogP contribution in [0, 0.1) is 0 Å². The molecule has 126 valence electrons. The minimum absolute atomic E-state index is 0.0608. The molecule has 0 N–H and O–H groups in total. The van der Waals surface area contributed by atoms with E-state index in [0.29, 0.717) is 21.1 Å². The molecule has 1 aromatic carbocycles. The summed E-state index contributed by atoms with van der Waals surface area (Å²) in [6.45, 7) is 0. The summed E-state index contributed by atoms with van der Waals surface area (Å²) in [5, 5.41) is 1.13. The fraction of sp³-hybridized carbons (Fsp3) is 0.250. The Morgan fingerprint density at radius 3 is 2.62 bits per heavy atom. The summed E-state index contributed by atoms with van der Waals surface area (Å²) in [5.41, 5.74) is 0.939. The molecule has 2 heterocycles. The van der Waals surface area contributed by atoms with Gasteiger partial charge in [0.2, 0.25) is 0 Å². The van der Waals surface area contributed by atoms with E-state index in [1.54, 1.807) is 7.05 Å². The van der Waals surface area contributed by atoms with E-state index in [-0.39, 0.29) is 11.3 Å². The van der Waals surface area contributed by atoms with Crippen molar-refractivity contribution in [2.75, 3.05) is 17.8 Å². The number of fused-ring (bicyclic) bond motifs is 1. The lowest BCUT2D eigenvalue weighted by Gasteiger charge is -2.06. The highest BCUT2D eigenvalue weighted by Gasteiger charge is 2.14. The molecule has 24 heavy (non-hydrogen) atoms. The summed E-state index contributed by atoms with van der Waals surface area (Å²) in [6, 6.07) is 11.7. The zero-order chi connectivity index (χ0) is 17.3. The highest BCUT2D eigenvalue weighted by atomic mass is 32.2. The molecule has 8 heteroatoms. The molecular weight excluding hydrogens is 364 g/mol. The number of aromatic nitrogens is 2. The van der Waals surface area contributed by atoms with Crippen LogP contribution in [0.25, 0.3) is 20.7 Å². The molecular formula is C16H16N2O3S3. The molecule has 3 aromatic rings. The highest BCUT2D eigenvalue weighted by Crippen LogP contribution is 2.31. The van der Waals surface area contributed by atoms with Crippen molar-refractivity contribution in [2.24, 2.45) is 7.05 Å². The molecule has 0 aliphatic rings. The molecule has 0 fully saturated rings. The Bertz CT molecular complexity index is 1040. The number of thiophene rings is 1. The van der Waals surface area contributed by atoms with Gasteiger partial charge in [-0.1, -0.05) is 42.1 Å². The topological polar surface area (TPSA) is 69.0 Å². The van der Waals surface area contributed by atoms with E-state index >= 15 is 0 Å². The Balaban J connectivity index is 1.98. The van der Waals surface area contributed by atoms with E-state index in [1.165, 1.54) is 33.9 Å². The van der Waals surface area contributed by atoms with Crippen LogP contribution in [-0.4, -0.2) is 35.7 Å². The lowest BCUT2D eigenvalue weighted by molar-refractivity contribution is 0.603. The molecule has 0 unspecified atom stereocenters. The maximum atomic E-state index is 12.6. The molecule has 0 radical (unpaired) electrons. The molecule has 0 atom stereocenters. The summed E-state index contributed by atoms with van der Waals surface area (Å²) in [5.74, 6) is 0.437. The number of thioether (sulfide) groups is 1. The predicted octanol–water partition coefficient (Wildman–Crippen LogP) is 2.80. The summed E-state index contributed by atoms with van der Waals surface area (Å²) < 4.78 is 24.0. The van der Waals surface area contributed by atoms with Crippen LogP contribution in [0.5, 0.6) is 0 Å². The van der Waals surface area contributed by atoms with E-state index in [2.05, 4.69) is 4.98 Å². The quantitative estimate of drug-likeness (QED) is 0.503. The van der Waals surface area contributed by atoms with Crippen LogP contribution < -0.4 is 5.56 Å². The number of sulfone groups is 1. The zero-order valence-corrected chi connectivity index (χ0v) is 15.7. The average Bonchev–Trinajstić information content (AvgIpc) is 2.96. The van der Waals surface area contributed by atoms with Crippen LogP contribution in [-0.2, 0) is 16.9 Å². The van der Waals surface area contributed by atoms with Crippen molar-refractivity contribution in [3.8, 4) is 10.4 Å². The van der Waals surface area contributed by atoms with Gasteiger partial charge in [0.15, 0.2) is 5.16 Å². The van der Waals surface area contributed by atoms with Gasteiger partial charge < -0.3 is 0 Å². The maximum absolute atomic E-state index is 12.6. The third kappa shape index (κ3) is 3.71. The monoisotopic (exact) mass is 380 g/mol. The van der Waals surface area contributed by atoms with Crippen molar-refractivity contribution >= 4 is 43.2 Å². The van der Waals surface area contributed by atoms with Gasteiger partial charge in [0.25, 0.3) is 5.56 Å². The van der Waals surface area contributed by atoms with Crippen LogP contribution in [0.3, 0.4) is 0 Å². The van der Waals surface area contributed by atoms with Crippen LogP contribution in [0.2, 0.25) is 0 Å². The Kier molecular flexibility index (Phi) is 4.80. The third-order valence-corrected chi connectivity index (χ3v) is 6.79. The van der Waals surface area contributed by atoms with Crippen molar-refractivity contribution < 1.29 is 8.42 Å². The first kappa shape index (κ1) is 17.2. The Labute approximate surface area is 148 Å². The Morgan fingerprint density at radius 1 is 1.25 bits per heavy atom. The van der Waals surface area contributed by atoms with Crippen molar-refractivity contribution in [1.29, 1.82) is 0 Å². The first-order valence-electron chi connectivity index (χ1n) is 7.22. The fourth-order valence-corrected chi connectivity index (χ4v) is 5.45. The normalized spacial score (nSPS) is 11.9. The second kappa shape index (κ2) is 6.70. The summed E-state index contributed by atoms with van der Waals surface area (Å²) in [4.78, 5) is 18.8. The molecule has 2 aromatic heterocycles. The van der Waals surface area contributed by atoms with E-state index in [9.17, 15) is 13.2 Å². The van der Waals surface area contributed by atoms with E-state index in [1.807, 2.05) is 36.4 Å². The zero-order valence-electron chi connectivity index (χ0n) is 13.2. The minimum Gasteiger partial charge on any atom is -0.290 e. The number of hydrogen-bond donors (Lipinski definition) is 0. The molecule has 0 amide bonds. The van der Waals surface area contributed by atoms with Gasteiger partial charge in [-0.05, 0) is 11.6 Å². The first-order valence-corrected chi connectivity index (χ1v) is 11.1. The molecule has 0 aliphatic carbocycles. The van der Waals surface area contributed by atoms with Gasteiger partial charge in [0.05, 0.1) is 11.1 Å². The van der Waals surface area contributed by atoms with Crippen LogP contribution in [0.15, 0.2) is 46.3 Å². The molecule has 0 saturated carbocycles. The summed E-state index contributed by atoms with van der Waals surface area (Å²) in [6.07, 6.45) is 1.20. The van der Waals surface area contributed by atoms with Crippen molar-refractivity contribution in [2.45, 2.75) is 5.16 Å². The number of nitrogens with zero attached hydrogens (tertiary/aromatic N) is 2. The lowest BCUT2D eigenvalue weighted by atomic mass is 10.2. The maximum Gasteiger partial charge on any atom is 0.262 e. The Hall–Kier alpha value is -1.64. The van der Waals surface area contributed by atoms with Crippen molar-refractivity contribution in [1.82, 2.24) is 9.55 Å². The molecule has 5 nitrogen and oxygen atoms in total. The van der Waals surface area contributed by atoms with Gasteiger partial charge in [-0.15, -0.1) is 11.3 Å². The number of benzene rings is 1. The van der Waals surface area contributed by atoms with E-state index in [4.69, 9.17) is 0 Å². The van der Waals surface area contributed by atoms with Gasteiger partial charge in [-0.2, -0.15) is 0 Å².